The highest BCUT2D eigenvalue weighted by molar-refractivity contribution is 7.98. The quantitative estimate of drug-likeness (QED) is 0.383. The second kappa shape index (κ2) is 10.7. The SMILES string of the molecule is CS(=O)(=O)Cc1ccc(C(=O)NNC(=O)c2ccc(CSc3ccc(Cl)cc3)cc2)cc1. The second-order valence-corrected chi connectivity index (χ2v) is 10.7. The number of halogens is 1. The van der Waals surface area contributed by atoms with E-state index in [1.165, 1.54) is 12.1 Å². The van der Waals surface area contributed by atoms with E-state index < -0.39 is 21.7 Å². The maximum atomic E-state index is 12.3. The smallest absolute Gasteiger partial charge is 0.267 e. The van der Waals surface area contributed by atoms with Gasteiger partial charge in [-0.25, -0.2) is 8.42 Å². The number of thioether (sulfide) groups is 1. The van der Waals surface area contributed by atoms with Crippen molar-refractivity contribution in [3.63, 3.8) is 0 Å². The van der Waals surface area contributed by atoms with Gasteiger partial charge in [-0.2, -0.15) is 0 Å². The number of sulfone groups is 1. The highest BCUT2D eigenvalue weighted by Gasteiger charge is 2.10. The van der Waals surface area contributed by atoms with E-state index in [1.54, 1.807) is 36.0 Å². The van der Waals surface area contributed by atoms with Crippen LogP contribution >= 0.6 is 23.4 Å². The Bertz CT molecular complexity index is 1190. The fraction of sp³-hybridized carbons (Fsp3) is 0.130. The molecule has 6 nitrogen and oxygen atoms in total. The number of hydrogen-bond acceptors (Lipinski definition) is 5. The third-order valence-corrected chi connectivity index (χ3v) is 6.56. The first-order chi connectivity index (χ1) is 15.2. The highest BCUT2D eigenvalue weighted by Crippen LogP contribution is 2.24. The van der Waals surface area contributed by atoms with E-state index in [2.05, 4.69) is 10.9 Å². The number of amides is 2. The summed E-state index contributed by atoms with van der Waals surface area (Å²) in [5.41, 5.74) is 7.09. The normalized spacial score (nSPS) is 11.1. The molecule has 0 fully saturated rings. The van der Waals surface area contributed by atoms with Crippen LogP contribution < -0.4 is 10.9 Å². The average molecular weight is 489 g/mol. The number of carbonyl (C=O) groups is 2. The first kappa shape index (κ1) is 23.8. The standard InChI is InChI=1S/C23H21ClN2O4S2/c1-32(29,30)15-17-4-8-19(9-5-17)23(28)26-25-22(27)18-6-2-16(3-7-18)14-31-21-12-10-20(24)11-13-21/h2-13H,14-15H2,1H3,(H,25,27)(H,26,28). The Balaban J connectivity index is 1.49. The Morgan fingerprint density at radius 3 is 1.72 bits per heavy atom. The minimum absolute atomic E-state index is 0.0974. The Hall–Kier alpha value is -2.81. The van der Waals surface area contributed by atoms with Gasteiger partial charge < -0.3 is 0 Å². The molecule has 0 atom stereocenters. The van der Waals surface area contributed by atoms with Gasteiger partial charge in [0.15, 0.2) is 9.84 Å². The van der Waals surface area contributed by atoms with Crippen molar-refractivity contribution in [3.05, 3.63) is 100 Å². The average Bonchev–Trinajstić information content (AvgIpc) is 2.76. The van der Waals surface area contributed by atoms with Crippen molar-refractivity contribution in [1.82, 2.24) is 10.9 Å². The zero-order valence-electron chi connectivity index (χ0n) is 17.2. The molecular weight excluding hydrogens is 468 g/mol. The minimum atomic E-state index is -3.15. The molecule has 0 aliphatic heterocycles. The summed E-state index contributed by atoms with van der Waals surface area (Å²) in [5.74, 6) is -0.292. The van der Waals surface area contributed by atoms with Gasteiger partial charge >= 0.3 is 0 Å². The van der Waals surface area contributed by atoms with Gasteiger partial charge in [-0.15, -0.1) is 11.8 Å². The fourth-order valence-corrected chi connectivity index (χ4v) is 4.54. The van der Waals surface area contributed by atoms with Gasteiger partial charge in [0, 0.05) is 33.1 Å². The third kappa shape index (κ3) is 7.40. The lowest BCUT2D eigenvalue weighted by molar-refractivity contribution is 0.0846. The summed E-state index contributed by atoms with van der Waals surface area (Å²) in [5, 5.41) is 0.695. The van der Waals surface area contributed by atoms with Crippen molar-refractivity contribution >= 4 is 45.0 Å². The molecule has 0 heterocycles. The number of nitrogens with one attached hydrogen (secondary N) is 2. The third-order valence-electron chi connectivity index (χ3n) is 4.37. The van der Waals surface area contributed by atoms with Gasteiger partial charge in [0.25, 0.3) is 11.8 Å². The Labute approximate surface area is 196 Å². The molecule has 2 amide bonds. The molecule has 0 unspecified atom stereocenters. The van der Waals surface area contributed by atoms with Gasteiger partial charge in [-0.3, -0.25) is 20.4 Å². The van der Waals surface area contributed by atoms with Crippen LogP contribution in [0.2, 0.25) is 5.02 Å². The van der Waals surface area contributed by atoms with Crippen molar-refractivity contribution in [2.75, 3.05) is 6.26 Å². The summed E-state index contributed by atoms with van der Waals surface area (Å²) in [6, 6.07) is 20.9. The van der Waals surface area contributed by atoms with E-state index in [0.717, 1.165) is 22.5 Å². The lowest BCUT2D eigenvalue weighted by atomic mass is 10.1. The number of hydrazine groups is 1. The van der Waals surface area contributed by atoms with Crippen LogP contribution in [-0.4, -0.2) is 26.5 Å². The molecule has 0 spiro atoms. The summed E-state index contributed by atoms with van der Waals surface area (Å²) in [7, 11) is -3.15. The maximum absolute atomic E-state index is 12.3. The van der Waals surface area contributed by atoms with Crippen LogP contribution in [0.15, 0.2) is 77.7 Å². The summed E-state index contributed by atoms with van der Waals surface area (Å²) in [6.45, 7) is 0. The number of carbonyl (C=O) groups excluding carboxylic acids is 2. The van der Waals surface area contributed by atoms with Gasteiger partial charge in [0.2, 0.25) is 0 Å². The van der Waals surface area contributed by atoms with E-state index in [0.29, 0.717) is 21.7 Å². The minimum Gasteiger partial charge on any atom is -0.267 e. The molecule has 3 rings (SSSR count). The van der Waals surface area contributed by atoms with Crippen LogP contribution in [0.5, 0.6) is 0 Å². The van der Waals surface area contributed by atoms with Crippen LogP contribution in [0, 0.1) is 0 Å². The number of hydrogen-bond donors (Lipinski definition) is 2. The van der Waals surface area contributed by atoms with Gasteiger partial charge in [0.05, 0.1) is 5.75 Å². The number of benzene rings is 3. The summed E-state index contributed by atoms with van der Waals surface area (Å²) >= 11 is 7.55. The van der Waals surface area contributed by atoms with Crippen LogP contribution in [-0.2, 0) is 21.3 Å². The lowest BCUT2D eigenvalue weighted by Crippen LogP contribution is -2.41. The highest BCUT2D eigenvalue weighted by atomic mass is 35.5. The van der Waals surface area contributed by atoms with Crippen molar-refractivity contribution in [3.8, 4) is 0 Å². The Morgan fingerprint density at radius 2 is 1.25 bits per heavy atom. The van der Waals surface area contributed by atoms with Crippen molar-refractivity contribution in [2.45, 2.75) is 16.4 Å². The molecule has 9 heteroatoms. The van der Waals surface area contributed by atoms with Crippen LogP contribution in [0.4, 0.5) is 0 Å². The van der Waals surface area contributed by atoms with Crippen LogP contribution in [0.3, 0.4) is 0 Å². The fourth-order valence-electron chi connectivity index (χ4n) is 2.76. The first-order valence-corrected chi connectivity index (χ1v) is 13.0. The molecule has 0 aromatic heterocycles. The molecule has 0 aliphatic rings. The monoisotopic (exact) mass is 488 g/mol. The molecule has 0 bridgehead atoms. The molecular formula is C23H21ClN2O4S2. The predicted octanol–water partition coefficient (Wildman–Crippen LogP) is 4.25. The topological polar surface area (TPSA) is 92.3 Å². The predicted molar refractivity (Wildman–Crippen MR) is 127 cm³/mol. The molecule has 3 aromatic carbocycles. The molecule has 0 saturated carbocycles. The molecule has 166 valence electrons. The first-order valence-electron chi connectivity index (χ1n) is 9.54. The second-order valence-electron chi connectivity index (χ2n) is 7.11. The van der Waals surface area contributed by atoms with Gasteiger partial charge in [-0.05, 0) is 59.7 Å². The van der Waals surface area contributed by atoms with E-state index in [-0.39, 0.29) is 5.75 Å². The molecule has 3 aromatic rings. The number of rotatable bonds is 7. The summed E-state index contributed by atoms with van der Waals surface area (Å²) in [4.78, 5) is 25.6. The molecule has 0 radical (unpaired) electrons. The molecule has 0 aliphatic carbocycles. The van der Waals surface area contributed by atoms with Crippen LogP contribution in [0.25, 0.3) is 0 Å². The van der Waals surface area contributed by atoms with E-state index in [4.69, 9.17) is 11.6 Å². The van der Waals surface area contributed by atoms with Gasteiger partial charge in [-0.1, -0.05) is 35.9 Å². The molecule has 2 N–H and O–H groups in total. The Kier molecular flexibility index (Phi) is 7.95. The van der Waals surface area contributed by atoms with E-state index >= 15 is 0 Å². The van der Waals surface area contributed by atoms with Crippen molar-refractivity contribution in [2.24, 2.45) is 0 Å². The molecule has 0 saturated heterocycles. The lowest BCUT2D eigenvalue weighted by Gasteiger charge is -2.09. The summed E-state index contributed by atoms with van der Waals surface area (Å²) < 4.78 is 22.7. The summed E-state index contributed by atoms with van der Waals surface area (Å²) in [6.07, 6.45) is 1.15. The maximum Gasteiger partial charge on any atom is 0.269 e. The largest absolute Gasteiger partial charge is 0.269 e. The van der Waals surface area contributed by atoms with Gasteiger partial charge in [0.1, 0.15) is 0 Å². The van der Waals surface area contributed by atoms with Crippen molar-refractivity contribution < 1.29 is 18.0 Å². The Morgan fingerprint density at radius 1 is 0.781 bits per heavy atom. The zero-order valence-corrected chi connectivity index (χ0v) is 19.6. The van der Waals surface area contributed by atoms with Crippen LogP contribution in [0.1, 0.15) is 31.8 Å². The van der Waals surface area contributed by atoms with Crippen molar-refractivity contribution in [1.29, 1.82) is 0 Å². The zero-order chi connectivity index (χ0) is 23.1. The van der Waals surface area contributed by atoms with E-state index in [1.807, 2.05) is 36.4 Å². The van der Waals surface area contributed by atoms with E-state index in [9.17, 15) is 18.0 Å². The molecule has 32 heavy (non-hydrogen) atoms.